The Hall–Kier alpha value is -1.54. The Bertz CT molecular complexity index is 758. The molecule has 0 aliphatic heterocycles. The van der Waals surface area contributed by atoms with E-state index < -0.39 is 5.41 Å². The Morgan fingerprint density at radius 2 is 1.76 bits per heavy atom. The fourth-order valence-corrected chi connectivity index (χ4v) is 7.06. The largest absolute Gasteiger partial charge is 0.385 e. The zero-order valence-corrected chi connectivity index (χ0v) is 15.8. The van der Waals surface area contributed by atoms with Gasteiger partial charge in [0.1, 0.15) is 5.78 Å². The second-order valence-corrected chi connectivity index (χ2v) is 9.76. The third-order valence-electron chi connectivity index (χ3n) is 8.35. The van der Waals surface area contributed by atoms with Gasteiger partial charge in [0.25, 0.3) is 5.78 Å². The van der Waals surface area contributed by atoms with Gasteiger partial charge in [-0.05, 0) is 57.3 Å². The number of carbonyl (C=O) groups excluding carboxylic acids is 2. The van der Waals surface area contributed by atoms with Gasteiger partial charge in [-0.1, -0.05) is 25.5 Å². The van der Waals surface area contributed by atoms with Crippen LogP contribution < -0.4 is 0 Å². The summed E-state index contributed by atoms with van der Waals surface area (Å²) in [6.07, 6.45) is 7.68. The average Bonchev–Trinajstić information content (AvgIpc) is 2.86. The number of carbonyl (C=O) groups is 2. The molecule has 0 spiro atoms. The molecule has 134 valence electrons. The van der Waals surface area contributed by atoms with E-state index in [1.807, 2.05) is 13.8 Å². The molecule has 1 N–H and O–H groups in total. The number of nitrogens with one attached hydrogen (secondary N) is 1. The van der Waals surface area contributed by atoms with Gasteiger partial charge >= 0.3 is 5.71 Å². The Labute approximate surface area is 149 Å². The van der Waals surface area contributed by atoms with Gasteiger partial charge in [-0.3, -0.25) is 9.59 Å². The maximum Gasteiger partial charge on any atom is 0.385 e. The molecule has 3 saturated carbocycles. The lowest BCUT2D eigenvalue weighted by Crippen LogP contribution is -2.56. The van der Waals surface area contributed by atoms with Gasteiger partial charge in [0.15, 0.2) is 0 Å². The predicted molar refractivity (Wildman–Crippen MR) is 94.3 cm³/mol. The van der Waals surface area contributed by atoms with E-state index >= 15 is 0 Å². The van der Waals surface area contributed by atoms with Crippen LogP contribution in [-0.4, -0.2) is 22.1 Å². The first-order chi connectivity index (χ1) is 11.7. The molecular weight excluding hydrogens is 312 g/mol. The minimum absolute atomic E-state index is 0.0152. The normalized spacial score (nSPS) is 45.2. The summed E-state index contributed by atoms with van der Waals surface area (Å²) < 4.78 is 0. The highest BCUT2D eigenvalue weighted by Gasteiger charge is 2.63. The molecule has 0 aromatic heterocycles. The zero-order valence-electron chi connectivity index (χ0n) is 15.8. The number of rotatable bonds is 0. The highest BCUT2D eigenvalue weighted by molar-refractivity contribution is 6.41. The topological polar surface area (TPSA) is 72.1 Å². The van der Waals surface area contributed by atoms with Crippen LogP contribution in [0.25, 0.3) is 0 Å². The van der Waals surface area contributed by atoms with Gasteiger partial charge in [-0.25, -0.2) is 0 Å². The van der Waals surface area contributed by atoms with Crippen LogP contribution >= 0.6 is 0 Å². The monoisotopic (exact) mass is 341 g/mol. The summed E-state index contributed by atoms with van der Waals surface area (Å²) in [4.78, 5) is 28.9. The van der Waals surface area contributed by atoms with E-state index in [2.05, 4.69) is 24.7 Å². The van der Waals surface area contributed by atoms with Crippen molar-refractivity contribution >= 4 is 17.3 Å². The third-order valence-corrected chi connectivity index (χ3v) is 8.35. The van der Waals surface area contributed by atoms with E-state index in [4.69, 9.17) is 5.53 Å². The maximum atomic E-state index is 12.8. The summed E-state index contributed by atoms with van der Waals surface area (Å²) in [5.41, 5.74) is 8.40. The number of hydrogen-bond donors (Lipinski definition) is 1. The Morgan fingerprint density at radius 3 is 2.44 bits per heavy atom. The van der Waals surface area contributed by atoms with E-state index in [1.54, 1.807) is 0 Å². The molecule has 0 heterocycles. The lowest BCUT2D eigenvalue weighted by Gasteiger charge is -2.57. The van der Waals surface area contributed by atoms with Crippen molar-refractivity contribution in [2.45, 2.75) is 66.2 Å². The highest BCUT2D eigenvalue weighted by Crippen LogP contribution is 2.65. The fourth-order valence-electron chi connectivity index (χ4n) is 7.06. The van der Waals surface area contributed by atoms with Gasteiger partial charge < -0.3 is 0 Å². The van der Waals surface area contributed by atoms with Crippen molar-refractivity contribution in [1.29, 1.82) is 5.53 Å². The zero-order chi connectivity index (χ0) is 18.2. The lowest BCUT2D eigenvalue weighted by atomic mass is 9.45. The number of ketones is 2. The van der Waals surface area contributed by atoms with E-state index in [9.17, 15) is 9.59 Å². The minimum Gasteiger partial charge on any atom is -0.299 e. The number of Topliss-reactive ketones (excluding diaryl/α,β-unsaturated/α-hetero) is 2. The Morgan fingerprint density at radius 1 is 1.08 bits per heavy atom. The molecule has 4 heteroatoms. The van der Waals surface area contributed by atoms with Crippen LogP contribution in [-0.2, 0) is 9.59 Å². The van der Waals surface area contributed by atoms with Gasteiger partial charge in [-0.2, -0.15) is 0 Å². The molecule has 0 aromatic rings. The molecule has 3 fully saturated rings. The van der Waals surface area contributed by atoms with E-state index in [1.165, 1.54) is 5.57 Å². The molecule has 5 unspecified atom stereocenters. The third kappa shape index (κ3) is 1.95. The standard InChI is InChI=1S/C21H29N2O2/c1-19(2)16-7-5-12-13-6-8-17(24)20(13,3)10-9-14(12)21(16,4)11-15(23-22)18(19)25/h7,12-14,22H,5-6,8-11H2,1-4H3/q+1. The fraction of sp³-hybridized carbons (Fsp3) is 0.762. The SMILES string of the molecule is CC1(C)C(=O)C(=[N+]=N)CC2(C)C1=CCC1C3CCC(=O)C3(C)CCC12. The van der Waals surface area contributed by atoms with Crippen molar-refractivity contribution in [3.05, 3.63) is 11.6 Å². The summed E-state index contributed by atoms with van der Waals surface area (Å²) >= 11 is 0. The van der Waals surface area contributed by atoms with Crippen molar-refractivity contribution in [2.75, 3.05) is 0 Å². The first kappa shape index (κ1) is 16.9. The van der Waals surface area contributed by atoms with Crippen LogP contribution in [0.3, 0.4) is 0 Å². The van der Waals surface area contributed by atoms with Gasteiger partial charge in [0.05, 0.1) is 22.2 Å². The molecule has 4 nitrogen and oxygen atoms in total. The molecule has 0 saturated heterocycles. The minimum atomic E-state index is -0.565. The second kappa shape index (κ2) is 5.01. The van der Waals surface area contributed by atoms with Crippen molar-refractivity contribution in [1.82, 2.24) is 0 Å². The van der Waals surface area contributed by atoms with Gasteiger partial charge in [0, 0.05) is 17.3 Å². The van der Waals surface area contributed by atoms with E-state index in [0.29, 0.717) is 35.7 Å². The first-order valence-corrected chi connectivity index (χ1v) is 9.69. The molecule has 0 amide bonds. The van der Waals surface area contributed by atoms with E-state index in [0.717, 1.165) is 32.1 Å². The number of fused-ring (bicyclic) bond motifs is 5. The molecule has 0 radical (unpaired) electrons. The Kier molecular flexibility index (Phi) is 3.38. The molecule has 4 aliphatic rings. The molecule has 4 rings (SSSR count). The molecule has 25 heavy (non-hydrogen) atoms. The molecule has 0 aromatic carbocycles. The molecule has 0 bridgehead atoms. The smallest absolute Gasteiger partial charge is 0.299 e. The maximum absolute atomic E-state index is 12.8. The summed E-state index contributed by atoms with van der Waals surface area (Å²) in [7, 11) is 0. The second-order valence-electron chi connectivity index (χ2n) is 9.76. The van der Waals surface area contributed by atoms with E-state index in [-0.39, 0.29) is 16.6 Å². The van der Waals surface area contributed by atoms with Crippen LogP contribution in [0, 0.1) is 39.5 Å². The van der Waals surface area contributed by atoms with Gasteiger partial charge in [0.2, 0.25) is 0 Å². The summed E-state index contributed by atoms with van der Waals surface area (Å²) in [5.74, 6) is 1.96. The van der Waals surface area contributed by atoms with Crippen LogP contribution in [0.4, 0.5) is 0 Å². The predicted octanol–water partition coefficient (Wildman–Crippen LogP) is 4.01. The summed E-state index contributed by atoms with van der Waals surface area (Å²) in [5, 5.41) is 0. The molecule has 4 aliphatic carbocycles. The van der Waals surface area contributed by atoms with Crippen LogP contribution in [0.1, 0.15) is 66.2 Å². The number of hydrogen-bond acceptors (Lipinski definition) is 3. The summed E-state index contributed by atoms with van der Waals surface area (Å²) in [6, 6.07) is 0. The number of allylic oxidation sites excluding steroid dienone is 2. The van der Waals surface area contributed by atoms with Crippen LogP contribution in [0.5, 0.6) is 0 Å². The van der Waals surface area contributed by atoms with Crippen LogP contribution in [0.2, 0.25) is 0 Å². The number of nitrogens with zero attached hydrogens (tertiary/aromatic N) is 1. The summed E-state index contributed by atoms with van der Waals surface area (Å²) in [6.45, 7) is 8.47. The quantitative estimate of drug-likeness (QED) is 0.411. The Balaban J connectivity index is 1.81. The van der Waals surface area contributed by atoms with Gasteiger partial charge in [-0.15, -0.1) is 0 Å². The first-order valence-electron chi connectivity index (χ1n) is 9.69. The average molecular weight is 341 g/mol. The van der Waals surface area contributed by atoms with Crippen molar-refractivity contribution in [3.63, 3.8) is 0 Å². The lowest BCUT2D eigenvalue weighted by molar-refractivity contribution is -0.148. The molecular formula is C21H29N2O2+. The van der Waals surface area contributed by atoms with Crippen molar-refractivity contribution in [2.24, 2.45) is 34.0 Å². The molecule has 5 atom stereocenters. The van der Waals surface area contributed by atoms with Crippen molar-refractivity contribution < 1.29 is 14.4 Å². The van der Waals surface area contributed by atoms with Crippen LogP contribution in [0.15, 0.2) is 11.6 Å². The highest BCUT2D eigenvalue weighted by atomic mass is 16.1. The van der Waals surface area contributed by atoms with Crippen molar-refractivity contribution in [3.8, 4) is 0 Å².